The van der Waals surface area contributed by atoms with Gasteiger partial charge >= 0.3 is 0 Å². The van der Waals surface area contributed by atoms with Gasteiger partial charge in [-0.2, -0.15) is 5.10 Å². The molecule has 0 spiro atoms. The molecule has 1 atom stereocenters. The van der Waals surface area contributed by atoms with Gasteiger partial charge in [-0.05, 0) is 28.8 Å². The Bertz CT molecular complexity index is 967. The molecular formula is C24H22N2O2. The summed E-state index contributed by atoms with van der Waals surface area (Å²) in [6.07, 6.45) is 1.02. The fourth-order valence-corrected chi connectivity index (χ4v) is 3.48. The van der Waals surface area contributed by atoms with Gasteiger partial charge in [-0.3, -0.25) is 4.79 Å². The van der Waals surface area contributed by atoms with Gasteiger partial charge in [-0.15, -0.1) is 0 Å². The van der Waals surface area contributed by atoms with E-state index in [9.17, 15) is 4.79 Å². The highest BCUT2D eigenvalue weighted by Crippen LogP contribution is 2.34. The van der Waals surface area contributed by atoms with Crippen LogP contribution < -0.4 is 4.74 Å². The Morgan fingerprint density at radius 1 is 0.964 bits per heavy atom. The summed E-state index contributed by atoms with van der Waals surface area (Å²) in [5.41, 5.74) is 4.03. The van der Waals surface area contributed by atoms with Crippen LogP contribution in [0.4, 0.5) is 0 Å². The van der Waals surface area contributed by atoms with E-state index in [4.69, 9.17) is 9.84 Å². The van der Waals surface area contributed by atoms with Crippen molar-refractivity contribution in [1.29, 1.82) is 0 Å². The maximum Gasteiger partial charge on any atom is 0.247 e. The Labute approximate surface area is 165 Å². The van der Waals surface area contributed by atoms with Crippen LogP contribution in [0.2, 0.25) is 0 Å². The number of hydrazone groups is 1. The molecule has 0 radical (unpaired) electrons. The van der Waals surface area contributed by atoms with Gasteiger partial charge < -0.3 is 4.74 Å². The van der Waals surface area contributed by atoms with Crippen LogP contribution in [0, 0.1) is 0 Å². The molecule has 1 aliphatic heterocycles. The van der Waals surface area contributed by atoms with Crippen LogP contribution in [-0.4, -0.2) is 23.7 Å². The SMILES string of the molecule is COc1ccc([C@H]2CC(c3ccccc3)=NN2C(=O)Cc2ccccc2)cc1. The third kappa shape index (κ3) is 3.81. The van der Waals surface area contributed by atoms with Crippen molar-refractivity contribution in [1.82, 2.24) is 5.01 Å². The summed E-state index contributed by atoms with van der Waals surface area (Å²) in [6, 6.07) is 27.6. The average molecular weight is 370 g/mol. The maximum absolute atomic E-state index is 13.1. The van der Waals surface area contributed by atoms with Crippen LogP contribution in [-0.2, 0) is 11.2 Å². The Balaban J connectivity index is 1.64. The molecule has 0 saturated heterocycles. The van der Waals surface area contributed by atoms with Crippen molar-refractivity contribution in [3.63, 3.8) is 0 Å². The Kier molecular flexibility index (Phi) is 5.20. The van der Waals surface area contributed by atoms with Gasteiger partial charge in [0.15, 0.2) is 0 Å². The van der Waals surface area contributed by atoms with E-state index in [1.807, 2.05) is 84.9 Å². The second-order valence-electron chi connectivity index (χ2n) is 6.81. The normalized spacial score (nSPS) is 16.0. The van der Waals surface area contributed by atoms with Crippen LogP contribution in [0.15, 0.2) is 90.0 Å². The summed E-state index contributed by atoms with van der Waals surface area (Å²) < 4.78 is 5.27. The van der Waals surface area contributed by atoms with Crippen molar-refractivity contribution in [2.75, 3.05) is 7.11 Å². The fourth-order valence-electron chi connectivity index (χ4n) is 3.48. The third-order valence-electron chi connectivity index (χ3n) is 4.97. The van der Waals surface area contributed by atoms with Gasteiger partial charge in [0, 0.05) is 6.42 Å². The van der Waals surface area contributed by atoms with E-state index >= 15 is 0 Å². The molecule has 4 heteroatoms. The van der Waals surface area contributed by atoms with E-state index in [0.717, 1.165) is 28.2 Å². The standard InChI is InChI=1S/C24H22N2O2/c1-28-21-14-12-20(13-15-21)23-17-22(19-10-6-3-7-11-19)25-26(23)24(27)16-18-8-4-2-5-9-18/h2-15,23H,16-17H2,1H3/t23-/m1/s1. The molecule has 0 bridgehead atoms. The summed E-state index contributed by atoms with van der Waals surface area (Å²) in [6.45, 7) is 0. The van der Waals surface area contributed by atoms with E-state index in [-0.39, 0.29) is 11.9 Å². The van der Waals surface area contributed by atoms with Crippen molar-refractivity contribution in [3.8, 4) is 5.75 Å². The van der Waals surface area contributed by atoms with Gasteiger partial charge in [-0.1, -0.05) is 72.8 Å². The minimum atomic E-state index is -0.114. The largest absolute Gasteiger partial charge is 0.497 e. The zero-order valence-corrected chi connectivity index (χ0v) is 15.8. The van der Waals surface area contributed by atoms with Crippen molar-refractivity contribution >= 4 is 11.6 Å². The number of rotatable bonds is 5. The van der Waals surface area contributed by atoms with E-state index in [0.29, 0.717) is 12.8 Å². The lowest BCUT2D eigenvalue weighted by atomic mass is 9.98. The van der Waals surface area contributed by atoms with Crippen molar-refractivity contribution in [2.45, 2.75) is 18.9 Å². The Morgan fingerprint density at radius 2 is 1.61 bits per heavy atom. The van der Waals surface area contributed by atoms with Gasteiger partial charge in [0.2, 0.25) is 5.91 Å². The topological polar surface area (TPSA) is 41.9 Å². The molecule has 0 aliphatic carbocycles. The van der Waals surface area contributed by atoms with Crippen LogP contribution in [0.3, 0.4) is 0 Å². The minimum absolute atomic E-state index is 0.00190. The molecule has 1 aliphatic rings. The number of hydrogen-bond donors (Lipinski definition) is 0. The number of nitrogens with zero attached hydrogens (tertiary/aromatic N) is 2. The second-order valence-corrected chi connectivity index (χ2v) is 6.81. The van der Waals surface area contributed by atoms with Crippen molar-refractivity contribution in [3.05, 3.63) is 102 Å². The van der Waals surface area contributed by atoms with Crippen molar-refractivity contribution in [2.24, 2.45) is 5.10 Å². The number of benzene rings is 3. The van der Waals surface area contributed by atoms with Gasteiger partial charge in [0.25, 0.3) is 0 Å². The lowest BCUT2D eigenvalue weighted by molar-refractivity contribution is -0.132. The highest BCUT2D eigenvalue weighted by molar-refractivity contribution is 6.03. The molecule has 4 rings (SSSR count). The first-order valence-corrected chi connectivity index (χ1v) is 9.37. The van der Waals surface area contributed by atoms with Crippen LogP contribution in [0.25, 0.3) is 0 Å². The quantitative estimate of drug-likeness (QED) is 0.658. The third-order valence-corrected chi connectivity index (χ3v) is 4.97. The van der Waals surface area contributed by atoms with Crippen molar-refractivity contribution < 1.29 is 9.53 Å². The predicted molar refractivity (Wildman–Crippen MR) is 110 cm³/mol. The summed E-state index contributed by atoms with van der Waals surface area (Å²) >= 11 is 0. The average Bonchev–Trinajstić information content (AvgIpc) is 3.21. The molecule has 1 heterocycles. The first kappa shape index (κ1) is 18.0. The molecule has 28 heavy (non-hydrogen) atoms. The van der Waals surface area contributed by atoms with Gasteiger partial charge in [-0.25, -0.2) is 5.01 Å². The lowest BCUT2D eigenvalue weighted by Crippen LogP contribution is -2.28. The van der Waals surface area contributed by atoms with E-state index in [2.05, 4.69) is 0 Å². The van der Waals surface area contributed by atoms with Crippen LogP contribution in [0.5, 0.6) is 5.75 Å². The maximum atomic E-state index is 13.1. The van der Waals surface area contributed by atoms with Crippen LogP contribution in [0.1, 0.15) is 29.2 Å². The molecule has 0 aromatic heterocycles. The Morgan fingerprint density at radius 3 is 2.25 bits per heavy atom. The smallest absolute Gasteiger partial charge is 0.247 e. The minimum Gasteiger partial charge on any atom is -0.497 e. The number of methoxy groups -OCH3 is 1. The number of amides is 1. The second kappa shape index (κ2) is 8.09. The molecule has 3 aromatic carbocycles. The number of carbonyl (C=O) groups excluding carboxylic acids is 1. The molecule has 3 aromatic rings. The summed E-state index contributed by atoms with van der Waals surface area (Å²) in [7, 11) is 1.65. The summed E-state index contributed by atoms with van der Waals surface area (Å²) in [4.78, 5) is 13.1. The van der Waals surface area contributed by atoms with Gasteiger partial charge in [0.1, 0.15) is 5.75 Å². The lowest BCUT2D eigenvalue weighted by Gasteiger charge is -2.22. The predicted octanol–water partition coefficient (Wildman–Crippen LogP) is 4.62. The monoisotopic (exact) mass is 370 g/mol. The molecule has 0 unspecified atom stereocenters. The zero-order chi connectivity index (χ0) is 19.3. The number of hydrogen-bond acceptors (Lipinski definition) is 3. The molecule has 1 amide bonds. The van der Waals surface area contributed by atoms with E-state index in [1.54, 1.807) is 12.1 Å². The Hall–Kier alpha value is -3.40. The summed E-state index contributed by atoms with van der Waals surface area (Å²) in [5.74, 6) is 0.797. The van der Waals surface area contributed by atoms with E-state index < -0.39 is 0 Å². The zero-order valence-electron chi connectivity index (χ0n) is 15.8. The van der Waals surface area contributed by atoms with E-state index in [1.165, 1.54) is 0 Å². The summed E-state index contributed by atoms with van der Waals surface area (Å²) in [5, 5.41) is 6.37. The van der Waals surface area contributed by atoms with Crippen LogP contribution >= 0.6 is 0 Å². The fraction of sp³-hybridized carbons (Fsp3) is 0.167. The first-order valence-electron chi connectivity index (χ1n) is 9.37. The number of ether oxygens (including phenoxy) is 1. The molecule has 140 valence electrons. The molecular weight excluding hydrogens is 348 g/mol. The highest BCUT2D eigenvalue weighted by Gasteiger charge is 2.32. The molecule has 0 saturated carbocycles. The van der Waals surface area contributed by atoms with Gasteiger partial charge in [0.05, 0.1) is 25.3 Å². The highest BCUT2D eigenvalue weighted by atomic mass is 16.5. The molecule has 0 fully saturated rings. The molecule has 0 N–H and O–H groups in total. The number of carbonyl (C=O) groups is 1. The first-order chi connectivity index (χ1) is 13.7. The molecule has 4 nitrogen and oxygen atoms in total.